The van der Waals surface area contributed by atoms with E-state index in [-0.39, 0.29) is 0 Å². The van der Waals surface area contributed by atoms with Crippen LogP contribution in [0, 0.1) is 13.8 Å². The summed E-state index contributed by atoms with van der Waals surface area (Å²) < 4.78 is 0. The molecule has 0 amide bonds. The lowest BCUT2D eigenvalue weighted by Gasteiger charge is -2.03. The molecular weight excluding hydrogens is 204 g/mol. The SMILES string of the molecule is C/C(=C\c1ccc(C)cc1)c1ccc(C)cc1. The zero-order chi connectivity index (χ0) is 12.3. The Balaban J connectivity index is 2.27. The van der Waals surface area contributed by atoms with Gasteiger partial charge in [0.2, 0.25) is 0 Å². The lowest BCUT2D eigenvalue weighted by molar-refractivity contribution is 1.44. The van der Waals surface area contributed by atoms with Gasteiger partial charge in [-0.2, -0.15) is 0 Å². The zero-order valence-electron chi connectivity index (χ0n) is 10.7. The number of hydrogen-bond acceptors (Lipinski definition) is 0. The molecule has 0 aliphatic rings. The van der Waals surface area contributed by atoms with Gasteiger partial charge in [0.05, 0.1) is 0 Å². The molecule has 0 aromatic heterocycles. The molecule has 86 valence electrons. The van der Waals surface area contributed by atoms with Gasteiger partial charge >= 0.3 is 0 Å². The number of hydrogen-bond donors (Lipinski definition) is 0. The summed E-state index contributed by atoms with van der Waals surface area (Å²) in [6, 6.07) is 17.3. The first kappa shape index (κ1) is 11.7. The van der Waals surface area contributed by atoms with Crippen molar-refractivity contribution in [2.24, 2.45) is 0 Å². The fraction of sp³-hybridized carbons (Fsp3) is 0.176. The minimum absolute atomic E-state index is 1.26. The van der Waals surface area contributed by atoms with Crippen LogP contribution in [0.15, 0.2) is 48.5 Å². The van der Waals surface area contributed by atoms with Crippen molar-refractivity contribution in [3.63, 3.8) is 0 Å². The van der Waals surface area contributed by atoms with Crippen LogP contribution in [0.25, 0.3) is 11.6 Å². The standard InChI is InChI=1S/C17H18/c1-13-4-8-16(9-5-13)12-15(3)17-10-6-14(2)7-11-17/h4-12H,1-3H3/b15-12+. The van der Waals surface area contributed by atoms with Gasteiger partial charge in [-0.15, -0.1) is 0 Å². The van der Waals surface area contributed by atoms with Crippen LogP contribution in [-0.4, -0.2) is 0 Å². The first-order valence-electron chi connectivity index (χ1n) is 5.97. The maximum absolute atomic E-state index is 2.23. The molecular formula is C17H18. The van der Waals surface area contributed by atoms with Crippen molar-refractivity contribution in [2.75, 3.05) is 0 Å². The predicted octanol–water partition coefficient (Wildman–Crippen LogP) is 4.86. The summed E-state index contributed by atoms with van der Waals surface area (Å²) in [5, 5.41) is 0. The Morgan fingerprint density at radius 1 is 0.765 bits per heavy atom. The van der Waals surface area contributed by atoms with Crippen LogP contribution < -0.4 is 0 Å². The quantitative estimate of drug-likeness (QED) is 0.636. The van der Waals surface area contributed by atoms with Crippen molar-refractivity contribution in [1.82, 2.24) is 0 Å². The molecule has 17 heavy (non-hydrogen) atoms. The lowest BCUT2D eigenvalue weighted by Crippen LogP contribution is -1.81. The molecule has 0 saturated carbocycles. The Labute approximate surface area is 104 Å². The smallest absolute Gasteiger partial charge is 0.0227 e. The van der Waals surface area contributed by atoms with E-state index in [9.17, 15) is 0 Å². The molecule has 0 radical (unpaired) electrons. The highest BCUT2D eigenvalue weighted by atomic mass is 14.0. The highest BCUT2D eigenvalue weighted by Gasteiger charge is 1.95. The molecule has 0 bridgehead atoms. The van der Waals surface area contributed by atoms with Gasteiger partial charge in [-0.1, -0.05) is 65.7 Å². The molecule has 0 atom stereocenters. The second-order valence-electron chi connectivity index (χ2n) is 4.60. The van der Waals surface area contributed by atoms with Gasteiger partial charge in [0.25, 0.3) is 0 Å². The maximum atomic E-state index is 2.23. The van der Waals surface area contributed by atoms with Gasteiger partial charge in [-0.05, 0) is 37.5 Å². The first-order valence-corrected chi connectivity index (χ1v) is 5.97. The highest BCUT2D eigenvalue weighted by molar-refractivity contribution is 5.80. The third-order valence-electron chi connectivity index (χ3n) is 2.97. The van der Waals surface area contributed by atoms with Crippen LogP contribution >= 0.6 is 0 Å². The number of allylic oxidation sites excluding steroid dienone is 1. The van der Waals surface area contributed by atoms with Crippen LogP contribution in [0.5, 0.6) is 0 Å². The summed E-state index contributed by atoms with van der Waals surface area (Å²) in [6.07, 6.45) is 2.23. The van der Waals surface area contributed by atoms with E-state index < -0.39 is 0 Å². The summed E-state index contributed by atoms with van der Waals surface area (Å²) in [7, 11) is 0. The van der Waals surface area contributed by atoms with E-state index in [4.69, 9.17) is 0 Å². The molecule has 0 aliphatic heterocycles. The Bertz CT molecular complexity index is 513. The van der Waals surface area contributed by atoms with Gasteiger partial charge in [-0.25, -0.2) is 0 Å². The summed E-state index contributed by atoms with van der Waals surface area (Å²) in [6.45, 7) is 6.38. The van der Waals surface area contributed by atoms with Crippen LogP contribution in [0.3, 0.4) is 0 Å². The first-order chi connectivity index (χ1) is 8.15. The van der Waals surface area contributed by atoms with Crippen LogP contribution in [0.2, 0.25) is 0 Å². The average Bonchev–Trinajstić information content (AvgIpc) is 2.33. The summed E-state index contributed by atoms with van der Waals surface area (Å²) in [4.78, 5) is 0. The van der Waals surface area contributed by atoms with E-state index in [0.29, 0.717) is 0 Å². The van der Waals surface area contributed by atoms with E-state index >= 15 is 0 Å². The molecule has 0 nitrogen and oxygen atoms in total. The van der Waals surface area contributed by atoms with Gasteiger partial charge in [0.1, 0.15) is 0 Å². The van der Waals surface area contributed by atoms with Crippen LogP contribution in [0.4, 0.5) is 0 Å². The topological polar surface area (TPSA) is 0 Å². The fourth-order valence-corrected chi connectivity index (χ4v) is 1.81. The summed E-state index contributed by atoms with van der Waals surface area (Å²) in [5.74, 6) is 0. The van der Waals surface area contributed by atoms with E-state index in [2.05, 4.69) is 75.4 Å². The van der Waals surface area contributed by atoms with Crippen LogP contribution in [0.1, 0.15) is 29.2 Å². The van der Waals surface area contributed by atoms with Crippen molar-refractivity contribution in [3.8, 4) is 0 Å². The molecule has 0 fully saturated rings. The van der Waals surface area contributed by atoms with Crippen molar-refractivity contribution in [3.05, 3.63) is 70.8 Å². The fourth-order valence-electron chi connectivity index (χ4n) is 1.81. The second-order valence-corrected chi connectivity index (χ2v) is 4.60. The lowest BCUT2D eigenvalue weighted by atomic mass is 10.0. The largest absolute Gasteiger partial charge is 0.0587 e. The molecule has 0 N–H and O–H groups in total. The Hall–Kier alpha value is -1.82. The normalized spacial score (nSPS) is 11.6. The van der Waals surface area contributed by atoms with Gasteiger partial charge in [-0.3, -0.25) is 0 Å². The zero-order valence-corrected chi connectivity index (χ0v) is 10.7. The molecule has 2 rings (SSSR count). The molecule has 0 aliphatic carbocycles. The number of benzene rings is 2. The van der Waals surface area contributed by atoms with E-state index in [1.54, 1.807) is 0 Å². The Morgan fingerprint density at radius 2 is 1.24 bits per heavy atom. The van der Waals surface area contributed by atoms with Crippen molar-refractivity contribution >= 4 is 11.6 Å². The van der Waals surface area contributed by atoms with Gasteiger partial charge < -0.3 is 0 Å². The highest BCUT2D eigenvalue weighted by Crippen LogP contribution is 2.18. The molecule has 0 unspecified atom stereocenters. The van der Waals surface area contributed by atoms with E-state index in [1.807, 2.05) is 0 Å². The molecule has 0 saturated heterocycles. The average molecular weight is 222 g/mol. The van der Waals surface area contributed by atoms with Crippen molar-refractivity contribution in [2.45, 2.75) is 20.8 Å². The van der Waals surface area contributed by atoms with E-state index in [0.717, 1.165) is 0 Å². The molecule has 0 heteroatoms. The van der Waals surface area contributed by atoms with Gasteiger partial charge in [0, 0.05) is 0 Å². The molecule has 0 spiro atoms. The molecule has 0 heterocycles. The summed E-state index contributed by atoms with van der Waals surface area (Å²) in [5.41, 5.74) is 6.45. The Morgan fingerprint density at radius 3 is 1.76 bits per heavy atom. The predicted molar refractivity (Wildman–Crippen MR) is 75.9 cm³/mol. The Kier molecular flexibility index (Phi) is 3.43. The van der Waals surface area contributed by atoms with Crippen molar-refractivity contribution in [1.29, 1.82) is 0 Å². The summed E-state index contributed by atoms with van der Waals surface area (Å²) >= 11 is 0. The van der Waals surface area contributed by atoms with Crippen LogP contribution in [-0.2, 0) is 0 Å². The molecule has 2 aromatic carbocycles. The monoisotopic (exact) mass is 222 g/mol. The second kappa shape index (κ2) is 5.01. The molecule has 2 aromatic rings. The van der Waals surface area contributed by atoms with Gasteiger partial charge in [0.15, 0.2) is 0 Å². The third-order valence-corrected chi connectivity index (χ3v) is 2.97. The maximum Gasteiger partial charge on any atom is -0.0227 e. The van der Waals surface area contributed by atoms with E-state index in [1.165, 1.54) is 27.8 Å². The number of rotatable bonds is 2. The minimum Gasteiger partial charge on any atom is -0.0587 e. The minimum atomic E-state index is 1.26. The van der Waals surface area contributed by atoms with Crippen molar-refractivity contribution < 1.29 is 0 Å². The number of aryl methyl sites for hydroxylation is 2. The third kappa shape index (κ3) is 3.07.